The maximum atomic E-state index is 2.81. The highest BCUT2D eigenvalue weighted by Gasteiger charge is 2.65. The Kier molecular flexibility index (Phi) is 4.47. The highest BCUT2D eigenvalue weighted by atomic mass is 14.7. The molecule has 0 amide bonds. The van der Waals surface area contributed by atoms with Crippen LogP contribution in [0, 0.1) is 50.7 Å². The van der Waals surface area contributed by atoms with Crippen LogP contribution in [0.3, 0.4) is 0 Å². The van der Waals surface area contributed by atoms with E-state index in [1.807, 2.05) is 11.1 Å². The first-order valence-corrected chi connectivity index (χ1v) is 13.3. The minimum Gasteiger partial charge on any atom is -0.0839 e. The van der Waals surface area contributed by atoms with E-state index in [1.165, 1.54) is 57.8 Å². The van der Waals surface area contributed by atoms with Crippen LogP contribution in [0.2, 0.25) is 0 Å². The molecule has 5 aliphatic carbocycles. The summed E-state index contributed by atoms with van der Waals surface area (Å²) in [7, 11) is 0. The van der Waals surface area contributed by atoms with Crippen molar-refractivity contribution in [3.05, 3.63) is 23.3 Å². The van der Waals surface area contributed by atoms with Crippen LogP contribution in [0.4, 0.5) is 0 Å². The quantitative estimate of drug-likeness (QED) is 0.380. The Morgan fingerprint density at radius 2 is 1.57 bits per heavy atom. The van der Waals surface area contributed by atoms with Crippen molar-refractivity contribution in [3.8, 4) is 0 Å². The molecule has 168 valence electrons. The Balaban J connectivity index is 1.58. The lowest BCUT2D eigenvalue weighted by atomic mass is 9.37. The van der Waals surface area contributed by atoms with Crippen molar-refractivity contribution in [1.82, 2.24) is 0 Å². The predicted molar refractivity (Wildman–Crippen MR) is 129 cm³/mol. The molecular formula is C30H48. The van der Waals surface area contributed by atoms with Gasteiger partial charge in [-0.1, -0.05) is 85.1 Å². The van der Waals surface area contributed by atoms with E-state index in [0.717, 1.165) is 23.7 Å². The molecule has 0 heteroatoms. The molecule has 7 atom stereocenters. The lowest BCUT2D eigenvalue weighted by molar-refractivity contribution is -0.0876. The van der Waals surface area contributed by atoms with Gasteiger partial charge in [0.25, 0.3) is 0 Å². The Hall–Kier alpha value is -0.520. The molecule has 0 unspecified atom stereocenters. The van der Waals surface area contributed by atoms with E-state index in [4.69, 9.17) is 0 Å². The van der Waals surface area contributed by atoms with Gasteiger partial charge in [0.2, 0.25) is 0 Å². The van der Waals surface area contributed by atoms with Gasteiger partial charge in [0.1, 0.15) is 0 Å². The van der Waals surface area contributed by atoms with Crippen LogP contribution in [0.15, 0.2) is 23.3 Å². The lowest BCUT2D eigenvalue weighted by Crippen LogP contribution is -2.59. The van der Waals surface area contributed by atoms with Gasteiger partial charge in [0, 0.05) is 0 Å². The molecule has 5 aliphatic rings. The summed E-state index contributed by atoms with van der Waals surface area (Å²) in [5, 5.41) is 0. The molecule has 0 bridgehead atoms. The summed E-state index contributed by atoms with van der Waals surface area (Å²) < 4.78 is 0. The largest absolute Gasteiger partial charge is 0.0839 e. The Morgan fingerprint density at radius 1 is 0.833 bits per heavy atom. The van der Waals surface area contributed by atoms with Crippen molar-refractivity contribution in [2.24, 2.45) is 50.7 Å². The summed E-state index contributed by atoms with van der Waals surface area (Å²) in [5.74, 6) is 3.35. The van der Waals surface area contributed by atoms with Crippen LogP contribution in [-0.4, -0.2) is 0 Å². The fourth-order valence-electron chi connectivity index (χ4n) is 10.5. The maximum absolute atomic E-state index is 2.81. The average molecular weight is 409 g/mol. The smallest absolute Gasteiger partial charge is 0.00168 e. The first kappa shape index (κ1) is 21.3. The van der Waals surface area contributed by atoms with Crippen molar-refractivity contribution in [1.29, 1.82) is 0 Å². The normalized spacial score (nSPS) is 52.0. The van der Waals surface area contributed by atoms with Gasteiger partial charge in [-0.15, -0.1) is 0 Å². The zero-order valence-corrected chi connectivity index (χ0v) is 21.3. The van der Waals surface area contributed by atoms with Crippen LogP contribution < -0.4 is 0 Å². The number of fused-ring (bicyclic) bond motifs is 7. The van der Waals surface area contributed by atoms with E-state index < -0.39 is 0 Å². The molecule has 0 aromatic rings. The van der Waals surface area contributed by atoms with Gasteiger partial charge in [-0.2, -0.15) is 0 Å². The monoisotopic (exact) mass is 408 g/mol. The maximum Gasteiger partial charge on any atom is -0.00168 e. The van der Waals surface area contributed by atoms with Crippen molar-refractivity contribution < 1.29 is 0 Å². The average Bonchev–Trinajstić information content (AvgIpc) is 3.01. The van der Waals surface area contributed by atoms with E-state index in [2.05, 4.69) is 67.5 Å². The number of hydrogen-bond donors (Lipinski definition) is 0. The molecule has 30 heavy (non-hydrogen) atoms. The molecule has 3 saturated carbocycles. The van der Waals surface area contributed by atoms with E-state index in [0.29, 0.717) is 27.1 Å². The molecule has 0 spiro atoms. The van der Waals surface area contributed by atoms with Crippen LogP contribution >= 0.6 is 0 Å². The molecule has 0 N–H and O–H groups in total. The highest BCUT2D eigenvalue weighted by Crippen LogP contribution is 2.75. The summed E-state index contributed by atoms with van der Waals surface area (Å²) in [6.45, 7) is 20.8. The lowest BCUT2D eigenvalue weighted by Gasteiger charge is -2.67. The summed E-state index contributed by atoms with van der Waals surface area (Å²) in [4.78, 5) is 0. The van der Waals surface area contributed by atoms with Gasteiger partial charge in [-0.05, 0) is 102 Å². The second kappa shape index (κ2) is 6.29. The standard InChI is InChI=1S/C30H48/c1-20(2)21-10-13-25-28(21,6)18-19-29(7)23-11-12-24-26(3,4)15-9-16-27(24,5)22(23)14-17-30(25,29)8/h13-14,20-21,23-24H,9-12,15-19H2,1-8H3/t21-,23+,24+,27-,28-,29-,30+/m1/s1. The molecule has 0 saturated heterocycles. The molecule has 0 nitrogen and oxygen atoms in total. The van der Waals surface area contributed by atoms with E-state index >= 15 is 0 Å². The topological polar surface area (TPSA) is 0 Å². The summed E-state index contributed by atoms with van der Waals surface area (Å²) in [6, 6.07) is 0. The van der Waals surface area contributed by atoms with Crippen LogP contribution in [-0.2, 0) is 0 Å². The summed E-state index contributed by atoms with van der Waals surface area (Å²) in [5.41, 5.74) is 6.02. The van der Waals surface area contributed by atoms with Crippen molar-refractivity contribution in [2.75, 3.05) is 0 Å². The second-order valence-electron chi connectivity index (χ2n) is 14.2. The van der Waals surface area contributed by atoms with Gasteiger partial charge in [0.05, 0.1) is 0 Å². The van der Waals surface area contributed by atoms with E-state index in [-0.39, 0.29) is 0 Å². The number of hydrogen-bond acceptors (Lipinski definition) is 0. The molecule has 0 radical (unpaired) electrons. The van der Waals surface area contributed by atoms with Crippen molar-refractivity contribution >= 4 is 0 Å². The summed E-state index contributed by atoms with van der Waals surface area (Å²) in [6.07, 6.45) is 18.2. The van der Waals surface area contributed by atoms with Crippen LogP contribution in [0.5, 0.6) is 0 Å². The number of rotatable bonds is 1. The number of allylic oxidation sites excluding steroid dienone is 4. The van der Waals surface area contributed by atoms with Gasteiger partial charge >= 0.3 is 0 Å². The van der Waals surface area contributed by atoms with E-state index in [9.17, 15) is 0 Å². The molecule has 0 heterocycles. The Labute approximate surface area is 187 Å². The van der Waals surface area contributed by atoms with Gasteiger partial charge in [-0.3, -0.25) is 0 Å². The molecule has 0 aliphatic heterocycles. The van der Waals surface area contributed by atoms with Gasteiger partial charge in [-0.25, -0.2) is 0 Å². The van der Waals surface area contributed by atoms with Crippen LogP contribution in [0.25, 0.3) is 0 Å². The fraction of sp³-hybridized carbons (Fsp3) is 0.867. The minimum absolute atomic E-state index is 0.366. The Bertz CT molecular complexity index is 795. The first-order valence-electron chi connectivity index (χ1n) is 13.3. The molecule has 0 aromatic carbocycles. The SMILES string of the molecule is CC(C)[C@H]1CC=C2[C@]1(C)CC[C@]1(C)[C@H]3CC[C@H]4C(C)(C)CCC[C@]4(C)C3=CC[C@@]21C. The Morgan fingerprint density at radius 3 is 2.27 bits per heavy atom. The molecular weight excluding hydrogens is 360 g/mol. The third-order valence-electron chi connectivity index (χ3n) is 12.3. The fourth-order valence-corrected chi connectivity index (χ4v) is 10.5. The van der Waals surface area contributed by atoms with Gasteiger partial charge in [0.15, 0.2) is 0 Å². The van der Waals surface area contributed by atoms with Gasteiger partial charge < -0.3 is 0 Å². The predicted octanol–water partition coefficient (Wildman–Crippen LogP) is 8.97. The zero-order chi connectivity index (χ0) is 21.7. The summed E-state index contributed by atoms with van der Waals surface area (Å²) >= 11 is 0. The molecule has 0 aromatic heterocycles. The van der Waals surface area contributed by atoms with Crippen molar-refractivity contribution in [3.63, 3.8) is 0 Å². The minimum atomic E-state index is 0.366. The molecule has 3 fully saturated rings. The third-order valence-corrected chi connectivity index (χ3v) is 12.3. The third kappa shape index (κ3) is 2.41. The van der Waals surface area contributed by atoms with Crippen molar-refractivity contribution in [2.45, 2.75) is 113 Å². The second-order valence-corrected chi connectivity index (χ2v) is 14.2. The zero-order valence-electron chi connectivity index (χ0n) is 21.3. The molecule has 5 rings (SSSR count). The van der Waals surface area contributed by atoms with E-state index in [1.54, 1.807) is 0 Å². The highest BCUT2D eigenvalue weighted by molar-refractivity contribution is 5.41. The van der Waals surface area contributed by atoms with Crippen LogP contribution in [0.1, 0.15) is 113 Å². The first-order chi connectivity index (χ1) is 13.9.